The van der Waals surface area contributed by atoms with Crippen LogP contribution in [-0.4, -0.2) is 47.0 Å². The van der Waals surface area contributed by atoms with Crippen LogP contribution in [-0.2, 0) is 14.3 Å². The normalized spacial score (nSPS) is 13.4. The summed E-state index contributed by atoms with van der Waals surface area (Å²) in [5.41, 5.74) is 0.539. The summed E-state index contributed by atoms with van der Waals surface area (Å²) in [6, 6.07) is 10.1. The van der Waals surface area contributed by atoms with E-state index in [4.69, 9.17) is 33.2 Å². The molecule has 11 heteroatoms. The molecular formula is C21H15Cl2N3O5S. The Balaban J connectivity index is 1.62. The van der Waals surface area contributed by atoms with Gasteiger partial charge in [-0.2, -0.15) is 5.26 Å². The van der Waals surface area contributed by atoms with E-state index < -0.39 is 36.3 Å². The van der Waals surface area contributed by atoms with Crippen molar-refractivity contribution in [1.82, 2.24) is 4.90 Å². The van der Waals surface area contributed by atoms with Gasteiger partial charge in [0.25, 0.3) is 17.7 Å². The Kier molecular flexibility index (Phi) is 7.40. The number of benzene rings is 2. The van der Waals surface area contributed by atoms with E-state index in [-0.39, 0.29) is 26.9 Å². The molecule has 8 nitrogen and oxygen atoms in total. The van der Waals surface area contributed by atoms with Crippen LogP contribution in [0.25, 0.3) is 0 Å². The quantitative estimate of drug-likeness (QED) is 0.355. The summed E-state index contributed by atoms with van der Waals surface area (Å²) < 4.78 is 5.01. The third kappa shape index (κ3) is 4.88. The van der Waals surface area contributed by atoms with E-state index in [0.717, 1.165) is 4.90 Å². The Morgan fingerprint density at radius 2 is 1.75 bits per heavy atom. The molecule has 32 heavy (non-hydrogen) atoms. The van der Waals surface area contributed by atoms with Gasteiger partial charge in [0.1, 0.15) is 6.04 Å². The molecule has 0 aromatic heterocycles. The number of nitriles is 1. The van der Waals surface area contributed by atoms with Crippen molar-refractivity contribution < 1.29 is 23.9 Å². The van der Waals surface area contributed by atoms with Crippen LogP contribution in [0.1, 0.15) is 27.6 Å². The maximum Gasteiger partial charge on any atom is 0.329 e. The Hall–Kier alpha value is -3.06. The first-order chi connectivity index (χ1) is 15.2. The van der Waals surface area contributed by atoms with Gasteiger partial charge in [-0.05, 0) is 31.2 Å². The van der Waals surface area contributed by atoms with Crippen molar-refractivity contribution in [3.63, 3.8) is 0 Å². The van der Waals surface area contributed by atoms with Crippen LogP contribution < -0.4 is 5.32 Å². The lowest BCUT2D eigenvalue weighted by Gasteiger charge is -2.20. The SMILES string of the molecule is CC(C(=O)OCC(=O)Nc1ccccc1SCC#N)N1C(=O)c2cc(Cl)c(Cl)cc2C1=O. The molecule has 1 aliphatic heterocycles. The number of amides is 3. The molecule has 2 aromatic rings. The van der Waals surface area contributed by atoms with Gasteiger partial charge in [0.2, 0.25) is 0 Å². The number of thioether (sulfide) groups is 1. The number of nitrogens with one attached hydrogen (secondary N) is 1. The Morgan fingerprint density at radius 1 is 1.16 bits per heavy atom. The molecule has 2 aromatic carbocycles. The zero-order chi connectivity index (χ0) is 23.4. The van der Waals surface area contributed by atoms with Crippen LogP contribution in [0.3, 0.4) is 0 Å². The number of anilines is 1. The van der Waals surface area contributed by atoms with Crippen LogP contribution in [0.15, 0.2) is 41.3 Å². The number of hydrogen-bond donors (Lipinski definition) is 1. The first-order valence-corrected chi connectivity index (χ1v) is 10.9. The molecule has 0 bridgehead atoms. The second-order valence-electron chi connectivity index (χ2n) is 6.57. The van der Waals surface area contributed by atoms with Crippen LogP contribution in [0.4, 0.5) is 5.69 Å². The third-order valence-corrected chi connectivity index (χ3v) is 6.15. The van der Waals surface area contributed by atoms with Gasteiger partial charge in [-0.3, -0.25) is 19.3 Å². The zero-order valence-corrected chi connectivity index (χ0v) is 18.9. The molecular weight excluding hydrogens is 477 g/mol. The minimum Gasteiger partial charge on any atom is -0.454 e. The molecule has 0 aliphatic carbocycles. The molecule has 164 valence electrons. The van der Waals surface area contributed by atoms with Gasteiger partial charge in [0.15, 0.2) is 6.61 Å². The molecule has 0 radical (unpaired) electrons. The number of hydrogen-bond acceptors (Lipinski definition) is 7. The summed E-state index contributed by atoms with van der Waals surface area (Å²) >= 11 is 13.1. The number of carbonyl (C=O) groups is 4. The summed E-state index contributed by atoms with van der Waals surface area (Å²) in [5, 5.41) is 11.5. The molecule has 1 atom stereocenters. The van der Waals surface area contributed by atoms with Gasteiger partial charge in [-0.15, -0.1) is 11.8 Å². The largest absolute Gasteiger partial charge is 0.454 e. The van der Waals surface area contributed by atoms with Gasteiger partial charge < -0.3 is 10.1 Å². The van der Waals surface area contributed by atoms with Crippen molar-refractivity contribution in [1.29, 1.82) is 5.26 Å². The summed E-state index contributed by atoms with van der Waals surface area (Å²) in [7, 11) is 0. The standard InChI is InChI=1S/C21H15Cl2N3O5S/c1-11(26-19(28)12-8-14(22)15(23)9-13(12)20(26)29)21(30)31-10-18(27)25-16-4-2-3-5-17(16)32-7-6-24/h2-5,8-9,11H,7,10H2,1H3,(H,25,27). The molecule has 0 saturated carbocycles. The highest BCUT2D eigenvalue weighted by Crippen LogP contribution is 2.32. The third-order valence-electron chi connectivity index (χ3n) is 4.49. The number of imide groups is 1. The van der Waals surface area contributed by atoms with E-state index in [9.17, 15) is 19.2 Å². The topological polar surface area (TPSA) is 117 Å². The highest BCUT2D eigenvalue weighted by atomic mass is 35.5. The molecule has 0 spiro atoms. The molecule has 3 rings (SSSR count). The number of fused-ring (bicyclic) bond motifs is 1. The highest BCUT2D eigenvalue weighted by Gasteiger charge is 2.42. The van der Waals surface area contributed by atoms with Crippen molar-refractivity contribution in [2.24, 2.45) is 0 Å². The van der Waals surface area contributed by atoms with Gasteiger partial charge in [-0.25, -0.2) is 4.79 Å². The predicted molar refractivity (Wildman–Crippen MR) is 119 cm³/mol. The number of carbonyl (C=O) groups excluding carboxylic acids is 4. The first kappa shape index (κ1) is 23.6. The number of para-hydroxylation sites is 1. The van der Waals surface area contributed by atoms with Crippen molar-refractivity contribution >= 4 is 64.3 Å². The van der Waals surface area contributed by atoms with Gasteiger partial charge in [0, 0.05) is 4.90 Å². The summed E-state index contributed by atoms with van der Waals surface area (Å²) in [4.78, 5) is 51.3. The molecule has 1 aliphatic rings. The number of esters is 1. The summed E-state index contributed by atoms with van der Waals surface area (Å²) in [6.45, 7) is 0.695. The Bertz CT molecular complexity index is 1120. The second kappa shape index (κ2) is 10.0. The molecule has 0 fully saturated rings. The Morgan fingerprint density at radius 3 is 2.34 bits per heavy atom. The average molecular weight is 492 g/mol. The van der Waals surface area contributed by atoms with Gasteiger partial charge >= 0.3 is 5.97 Å². The molecule has 1 N–H and O–H groups in total. The summed E-state index contributed by atoms with van der Waals surface area (Å²) in [5.74, 6) is -2.76. The Labute approximate surface area is 197 Å². The number of rotatable bonds is 7. The molecule has 3 amide bonds. The molecule has 0 saturated heterocycles. The maximum atomic E-state index is 12.6. The van der Waals surface area contributed by atoms with Crippen LogP contribution in [0, 0.1) is 11.3 Å². The average Bonchev–Trinajstić information content (AvgIpc) is 3.00. The van der Waals surface area contributed by atoms with Crippen LogP contribution >= 0.6 is 35.0 Å². The smallest absolute Gasteiger partial charge is 0.329 e. The molecule has 1 heterocycles. The van der Waals surface area contributed by atoms with Gasteiger partial charge in [0.05, 0.1) is 38.7 Å². The highest BCUT2D eigenvalue weighted by molar-refractivity contribution is 7.99. The van der Waals surface area contributed by atoms with Crippen LogP contribution in [0.2, 0.25) is 10.0 Å². The fourth-order valence-corrected chi connectivity index (χ4v) is 3.96. The lowest BCUT2D eigenvalue weighted by molar-refractivity contribution is -0.150. The monoisotopic (exact) mass is 491 g/mol. The van der Waals surface area contributed by atoms with Crippen molar-refractivity contribution in [3.05, 3.63) is 57.6 Å². The van der Waals surface area contributed by atoms with Gasteiger partial charge in [-0.1, -0.05) is 35.3 Å². The lowest BCUT2D eigenvalue weighted by Crippen LogP contribution is -2.44. The van der Waals surface area contributed by atoms with Crippen LogP contribution in [0.5, 0.6) is 0 Å². The fourth-order valence-electron chi connectivity index (χ4n) is 2.96. The second-order valence-corrected chi connectivity index (χ2v) is 8.40. The van der Waals surface area contributed by atoms with E-state index in [1.54, 1.807) is 24.3 Å². The number of ether oxygens (including phenoxy) is 1. The van der Waals surface area contributed by atoms with Crippen molar-refractivity contribution in [3.8, 4) is 6.07 Å². The van der Waals surface area contributed by atoms with E-state index in [1.165, 1.54) is 30.8 Å². The maximum absolute atomic E-state index is 12.6. The van der Waals surface area contributed by atoms with E-state index >= 15 is 0 Å². The van der Waals surface area contributed by atoms with Crippen molar-refractivity contribution in [2.45, 2.75) is 17.9 Å². The minimum atomic E-state index is -1.27. The predicted octanol–water partition coefficient (Wildman–Crippen LogP) is 3.78. The molecule has 1 unspecified atom stereocenters. The lowest BCUT2D eigenvalue weighted by atomic mass is 10.1. The number of halogens is 2. The zero-order valence-electron chi connectivity index (χ0n) is 16.6. The van der Waals surface area contributed by atoms with E-state index in [1.807, 2.05) is 6.07 Å². The van der Waals surface area contributed by atoms with E-state index in [2.05, 4.69) is 5.32 Å². The first-order valence-electron chi connectivity index (χ1n) is 9.16. The summed E-state index contributed by atoms with van der Waals surface area (Å²) in [6.07, 6.45) is 0. The minimum absolute atomic E-state index is 0.0354. The fraction of sp³-hybridized carbons (Fsp3) is 0.190. The van der Waals surface area contributed by atoms with Crippen molar-refractivity contribution in [2.75, 3.05) is 17.7 Å². The van der Waals surface area contributed by atoms with E-state index in [0.29, 0.717) is 10.6 Å². The number of nitrogens with zero attached hydrogens (tertiary/aromatic N) is 2.